The lowest BCUT2D eigenvalue weighted by Gasteiger charge is -2.36. The maximum absolute atomic E-state index is 10.3. The highest BCUT2D eigenvalue weighted by atomic mass is 16.5. The van der Waals surface area contributed by atoms with Crippen molar-refractivity contribution in [2.24, 2.45) is 0 Å². The van der Waals surface area contributed by atoms with Gasteiger partial charge < -0.3 is 19.3 Å². The van der Waals surface area contributed by atoms with Gasteiger partial charge in [0.15, 0.2) is 11.5 Å². The third kappa shape index (κ3) is 5.51. The van der Waals surface area contributed by atoms with Crippen molar-refractivity contribution >= 4 is 0 Å². The first kappa shape index (κ1) is 18.8. The third-order valence-corrected chi connectivity index (χ3v) is 4.00. The van der Waals surface area contributed by atoms with Gasteiger partial charge in [-0.1, -0.05) is 12.1 Å². The first-order chi connectivity index (χ1) is 11.5. The molecular weight excluding hydrogens is 306 g/mol. The molecule has 0 unspecified atom stereocenters. The van der Waals surface area contributed by atoms with Crippen LogP contribution < -0.4 is 9.47 Å². The first-order valence-corrected chi connectivity index (χ1v) is 8.48. The largest absolute Gasteiger partial charge is 0.493 e. The molecule has 1 aliphatic rings. The summed E-state index contributed by atoms with van der Waals surface area (Å²) >= 11 is 0. The number of ether oxygens (including phenoxy) is 3. The van der Waals surface area contributed by atoms with E-state index in [4.69, 9.17) is 14.2 Å². The number of benzene rings is 1. The smallest absolute Gasteiger partial charge is 0.161 e. The Morgan fingerprint density at radius 3 is 2.67 bits per heavy atom. The maximum Gasteiger partial charge on any atom is 0.161 e. The van der Waals surface area contributed by atoms with E-state index < -0.39 is 6.10 Å². The molecule has 24 heavy (non-hydrogen) atoms. The van der Waals surface area contributed by atoms with Crippen LogP contribution in [0.15, 0.2) is 30.9 Å². The summed E-state index contributed by atoms with van der Waals surface area (Å²) in [6.07, 6.45) is 2.47. The van der Waals surface area contributed by atoms with Crippen LogP contribution in [-0.2, 0) is 11.2 Å². The minimum Gasteiger partial charge on any atom is -0.493 e. The number of β-amino-alcohol motifs (C(OH)–C–C–N with tert-alkyl or cyclic N) is 1. The third-order valence-electron chi connectivity index (χ3n) is 4.00. The summed E-state index contributed by atoms with van der Waals surface area (Å²) in [6.45, 7) is 10.3. The topological polar surface area (TPSA) is 51.2 Å². The van der Waals surface area contributed by atoms with Crippen molar-refractivity contribution in [3.8, 4) is 11.5 Å². The Labute approximate surface area is 144 Å². The van der Waals surface area contributed by atoms with Crippen LogP contribution in [0.3, 0.4) is 0 Å². The van der Waals surface area contributed by atoms with Crippen LogP contribution in [0.2, 0.25) is 0 Å². The first-order valence-electron chi connectivity index (χ1n) is 8.48. The van der Waals surface area contributed by atoms with Gasteiger partial charge in [0.1, 0.15) is 12.7 Å². The molecule has 3 atom stereocenters. The summed E-state index contributed by atoms with van der Waals surface area (Å²) in [5.41, 5.74) is 1.12. The highest BCUT2D eigenvalue weighted by Gasteiger charge is 2.24. The van der Waals surface area contributed by atoms with E-state index in [2.05, 4.69) is 25.3 Å². The zero-order valence-electron chi connectivity index (χ0n) is 14.9. The molecule has 0 spiro atoms. The van der Waals surface area contributed by atoms with Crippen LogP contribution in [0.25, 0.3) is 0 Å². The van der Waals surface area contributed by atoms with Crippen LogP contribution in [0.4, 0.5) is 0 Å². The van der Waals surface area contributed by atoms with Crippen molar-refractivity contribution in [2.45, 2.75) is 38.6 Å². The Kier molecular flexibility index (Phi) is 7.09. The molecule has 1 aromatic rings. The van der Waals surface area contributed by atoms with Gasteiger partial charge in [0.25, 0.3) is 0 Å². The molecule has 2 rings (SSSR count). The van der Waals surface area contributed by atoms with Gasteiger partial charge >= 0.3 is 0 Å². The molecule has 1 aliphatic heterocycles. The number of aliphatic hydroxyl groups excluding tert-OH is 1. The van der Waals surface area contributed by atoms with E-state index in [-0.39, 0.29) is 18.8 Å². The predicted octanol–water partition coefficient (Wildman–Crippen LogP) is 2.27. The van der Waals surface area contributed by atoms with Gasteiger partial charge in [-0.3, -0.25) is 4.90 Å². The van der Waals surface area contributed by atoms with Gasteiger partial charge in [-0.15, -0.1) is 6.58 Å². The van der Waals surface area contributed by atoms with E-state index in [1.807, 2.05) is 24.3 Å². The van der Waals surface area contributed by atoms with E-state index >= 15 is 0 Å². The van der Waals surface area contributed by atoms with Crippen LogP contribution in [0.1, 0.15) is 19.4 Å². The zero-order valence-corrected chi connectivity index (χ0v) is 14.9. The summed E-state index contributed by atoms with van der Waals surface area (Å²) in [7, 11) is 1.62. The number of morpholine rings is 1. The van der Waals surface area contributed by atoms with Gasteiger partial charge in [0.2, 0.25) is 0 Å². The van der Waals surface area contributed by atoms with Crippen molar-refractivity contribution in [3.05, 3.63) is 36.4 Å². The molecule has 1 aromatic carbocycles. The minimum absolute atomic E-state index is 0.194. The summed E-state index contributed by atoms with van der Waals surface area (Å²) in [5, 5.41) is 10.3. The molecule has 0 aliphatic carbocycles. The Bertz CT molecular complexity index is 524. The van der Waals surface area contributed by atoms with E-state index in [0.717, 1.165) is 25.1 Å². The summed E-state index contributed by atoms with van der Waals surface area (Å²) in [4.78, 5) is 2.22. The second-order valence-corrected chi connectivity index (χ2v) is 6.42. The lowest BCUT2D eigenvalue weighted by molar-refractivity contribution is -0.0787. The molecular formula is C19H29NO4. The van der Waals surface area contributed by atoms with E-state index in [1.165, 1.54) is 0 Å². The number of hydrogen-bond donors (Lipinski definition) is 1. The zero-order chi connectivity index (χ0) is 17.5. The van der Waals surface area contributed by atoms with Gasteiger partial charge in [-0.25, -0.2) is 0 Å². The van der Waals surface area contributed by atoms with Crippen molar-refractivity contribution < 1.29 is 19.3 Å². The Hall–Kier alpha value is -1.56. The number of rotatable bonds is 8. The fourth-order valence-electron chi connectivity index (χ4n) is 3.10. The summed E-state index contributed by atoms with van der Waals surface area (Å²) < 4.78 is 16.8. The minimum atomic E-state index is -0.556. The standard InChI is InChI=1S/C19H29NO4/c1-5-6-16-7-8-18(19(9-16)22-4)23-13-17(21)12-20-10-14(2)24-15(3)11-20/h5,7-9,14-15,17,21H,1,6,10-13H2,2-4H3/t14-,15-,17-/m0/s1. The number of allylic oxidation sites excluding steroid dienone is 1. The van der Waals surface area contributed by atoms with Gasteiger partial charge in [0.05, 0.1) is 19.3 Å². The molecule has 134 valence electrons. The van der Waals surface area contributed by atoms with Crippen LogP contribution in [0, 0.1) is 0 Å². The average Bonchev–Trinajstić information content (AvgIpc) is 2.52. The van der Waals surface area contributed by atoms with Gasteiger partial charge in [-0.05, 0) is 38.0 Å². The number of aliphatic hydroxyl groups is 1. The van der Waals surface area contributed by atoms with Crippen LogP contribution >= 0.6 is 0 Å². The van der Waals surface area contributed by atoms with E-state index in [0.29, 0.717) is 18.0 Å². The Morgan fingerprint density at radius 2 is 2.04 bits per heavy atom. The molecule has 0 radical (unpaired) electrons. The van der Waals surface area contributed by atoms with Crippen molar-refractivity contribution in [3.63, 3.8) is 0 Å². The number of methoxy groups -OCH3 is 1. The van der Waals surface area contributed by atoms with Crippen LogP contribution in [0.5, 0.6) is 11.5 Å². The lowest BCUT2D eigenvalue weighted by atomic mass is 10.1. The Balaban J connectivity index is 1.86. The molecule has 1 N–H and O–H groups in total. The molecule has 0 aromatic heterocycles. The molecule has 1 heterocycles. The molecule has 1 fully saturated rings. The molecule has 0 amide bonds. The van der Waals surface area contributed by atoms with Crippen molar-refractivity contribution in [2.75, 3.05) is 33.4 Å². The highest BCUT2D eigenvalue weighted by molar-refractivity contribution is 5.43. The van der Waals surface area contributed by atoms with Crippen molar-refractivity contribution in [1.29, 1.82) is 0 Å². The quantitative estimate of drug-likeness (QED) is 0.739. The van der Waals surface area contributed by atoms with Crippen LogP contribution in [-0.4, -0.2) is 61.7 Å². The second-order valence-electron chi connectivity index (χ2n) is 6.42. The normalized spacial score (nSPS) is 22.8. The Morgan fingerprint density at radius 1 is 1.33 bits per heavy atom. The highest BCUT2D eigenvalue weighted by Crippen LogP contribution is 2.28. The molecule has 0 saturated carbocycles. The fraction of sp³-hybridized carbons (Fsp3) is 0.579. The van der Waals surface area contributed by atoms with E-state index in [1.54, 1.807) is 7.11 Å². The molecule has 5 nitrogen and oxygen atoms in total. The summed E-state index contributed by atoms with van der Waals surface area (Å²) in [5.74, 6) is 1.32. The second kappa shape index (κ2) is 9.06. The number of hydrogen-bond acceptors (Lipinski definition) is 5. The monoisotopic (exact) mass is 335 g/mol. The lowest BCUT2D eigenvalue weighted by Crippen LogP contribution is -2.48. The predicted molar refractivity (Wildman–Crippen MR) is 94.8 cm³/mol. The van der Waals surface area contributed by atoms with E-state index in [9.17, 15) is 5.11 Å². The molecule has 0 bridgehead atoms. The maximum atomic E-state index is 10.3. The SMILES string of the molecule is C=CCc1ccc(OC[C@@H](O)CN2C[C@H](C)O[C@@H](C)C2)c(OC)c1. The number of nitrogens with zero attached hydrogens (tertiary/aromatic N) is 1. The fourth-order valence-corrected chi connectivity index (χ4v) is 3.10. The van der Waals surface area contributed by atoms with Gasteiger partial charge in [0, 0.05) is 19.6 Å². The average molecular weight is 335 g/mol. The molecule has 5 heteroatoms. The van der Waals surface area contributed by atoms with Gasteiger partial charge in [-0.2, -0.15) is 0 Å². The molecule has 1 saturated heterocycles. The van der Waals surface area contributed by atoms with Crippen molar-refractivity contribution in [1.82, 2.24) is 4.90 Å². The summed E-state index contributed by atoms with van der Waals surface area (Å²) in [6, 6.07) is 5.80.